The van der Waals surface area contributed by atoms with Crippen LogP contribution in [-0.2, 0) is 0 Å². The first-order valence-corrected chi connectivity index (χ1v) is 13.0. The molecule has 29 heavy (non-hydrogen) atoms. The van der Waals surface area contributed by atoms with Crippen molar-refractivity contribution in [1.82, 2.24) is 0 Å². The molecule has 0 spiro atoms. The highest BCUT2D eigenvalue weighted by Crippen LogP contribution is 2.68. The maximum atomic E-state index is 11.2. The summed E-state index contributed by atoms with van der Waals surface area (Å²) in [5, 5.41) is 21.4. The van der Waals surface area contributed by atoms with Crippen LogP contribution >= 0.6 is 0 Å². The summed E-state index contributed by atoms with van der Waals surface area (Å²) in [6, 6.07) is 0. The maximum Gasteiger partial charge on any atom is 0.0577 e. The van der Waals surface area contributed by atoms with E-state index in [-0.39, 0.29) is 17.6 Å². The van der Waals surface area contributed by atoms with Crippen LogP contribution in [0.1, 0.15) is 105 Å². The van der Waals surface area contributed by atoms with Crippen LogP contribution in [0.4, 0.5) is 0 Å². The predicted octanol–water partition coefficient (Wildman–Crippen LogP) is 6.44. The molecular weight excluding hydrogens is 356 g/mol. The molecule has 4 aliphatic rings. The zero-order chi connectivity index (χ0) is 21.0. The van der Waals surface area contributed by atoms with Crippen molar-refractivity contribution in [2.75, 3.05) is 0 Å². The summed E-state index contributed by atoms with van der Waals surface area (Å²) in [7, 11) is 0. The Bertz CT molecular complexity index is 573. The molecule has 2 N–H and O–H groups in total. The first-order valence-electron chi connectivity index (χ1n) is 13.0. The molecule has 2 nitrogen and oxygen atoms in total. The van der Waals surface area contributed by atoms with E-state index in [2.05, 4.69) is 34.6 Å². The van der Waals surface area contributed by atoms with E-state index < -0.39 is 0 Å². The van der Waals surface area contributed by atoms with Gasteiger partial charge >= 0.3 is 0 Å². The maximum absolute atomic E-state index is 11.2. The highest BCUT2D eigenvalue weighted by atomic mass is 16.3. The van der Waals surface area contributed by atoms with Crippen molar-refractivity contribution in [3.63, 3.8) is 0 Å². The summed E-state index contributed by atoms with van der Waals surface area (Å²) in [5.41, 5.74) is 0.749. The first kappa shape index (κ1) is 22.1. The monoisotopic (exact) mass is 404 g/mol. The summed E-state index contributed by atoms with van der Waals surface area (Å²) >= 11 is 0. The van der Waals surface area contributed by atoms with Crippen molar-refractivity contribution < 1.29 is 10.2 Å². The summed E-state index contributed by atoms with van der Waals surface area (Å²) in [4.78, 5) is 0. The minimum Gasteiger partial charge on any atom is -0.393 e. The molecule has 4 aliphatic carbocycles. The first-order chi connectivity index (χ1) is 13.7. The number of hydrogen-bond acceptors (Lipinski definition) is 2. The quantitative estimate of drug-likeness (QED) is 0.553. The number of fused-ring (bicyclic) bond motifs is 5. The van der Waals surface area contributed by atoms with E-state index in [4.69, 9.17) is 0 Å². The Labute approximate surface area is 180 Å². The third-order valence-electron chi connectivity index (χ3n) is 10.9. The standard InChI is InChI=1S/C27H48O2/c1-17(2)7-6-8-18(3)21-9-10-22-20-16-25(29)24-15-19(28)11-13-27(24,5)23(20)12-14-26(21,22)4/h17-25,28-29H,6-16H2,1-5H3/t18-,19-,20+,21-,22+,23+,24+,25-,26-,27-/m1/s1. The van der Waals surface area contributed by atoms with Crippen molar-refractivity contribution in [2.24, 2.45) is 52.3 Å². The molecule has 10 atom stereocenters. The van der Waals surface area contributed by atoms with Gasteiger partial charge in [-0.2, -0.15) is 0 Å². The average Bonchev–Trinajstić information content (AvgIpc) is 3.00. The van der Waals surface area contributed by atoms with Crippen LogP contribution in [0.5, 0.6) is 0 Å². The van der Waals surface area contributed by atoms with Crippen LogP contribution in [0.15, 0.2) is 0 Å². The molecule has 4 rings (SSSR count). The normalized spacial score (nSPS) is 50.7. The fourth-order valence-corrected chi connectivity index (χ4v) is 9.30. The van der Waals surface area contributed by atoms with Gasteiger partial charge in [-0.3, -0.25) is 0 Å². The van der Waals surface area contributed by atoms with Crippen LogP contribution < -0.4 is 0 Å². The SMILES string of the molecule is CC(C)CCC[C@@H](C)[C@H]1CC[C@H]2[C@@H]3C[C@@H](O)[C@@H]4C[C@H](O)CC[C@]4(C)[C@H]3CC[C@]12C. The minimum atomic E-state index is -0.193. The molecule has 0 aliphatic heterocycles. The Morgan fingerprint density at radius 1 is 0.793 bits per heavy atom. The van der Waals surface area contributed by atoms with E-state index in [0.29, 0.717) is 17.3 Å². The van der Waals surface area contributed by atoms with Gasteiger partial charge in [0.05, 0.1) is 12.2 Å². The Hall–Kier alpha value is -0.0800. The van der Waals surface area contributed by atoms with Gasteiger partial charge in [-0.05, 0) is 104 Å². The van der Waals surface area contributed by atoms with Crippen LogP contribution in [-0.4, -0.2) is 22.4 Å². The number of aliphatic hydroxyl groups excluding tert-OH is 2. The average molecular weight is 405 g/mol. The van der Waals surface area contributed by atoms with Gasteiger partial charge in [0.15, 0.2) is 0 Å². The van der Waals surface area contributed by atoms with E-state index in [1.54, 1.807) is 0 Å². The van der Waals surface area contributed by atoms with Crippen molar-refractivity contribution in [3.8, 4) is 0 Å². The lowest BCUT2D eigenvalue weighted by molar-refractivity contribution is -0.172. The number of aliphatic hydroxyl groups is 2. The molecule has 2 heteroatoms. The lowest BCUT2D eigenvalue weighted by atomic mass is 9.44. The third kappa shape index (κ3) is 3.73. The summed E-state index contributed by atoms with van der Waals surface area (Å²) in [6.07, 6.45) is 13.3. The van der Waals surface area contributed by atoms with E-state index in [0.717, 1.165) is 55.3 Å². The molecule has 4 saturated carbocycles. The fourth-order valence-electron chi connectivity index (χ4n) is 9.30. The highest BCUT2D eigenvalue weighted by molar-refractivity contribution is 5.11. The van der Waals surface area contributed by atoms with Crippen LogP contribution in [0.25, 0.3) is 0 Å². The van der Waals surface area contributed by atoms with Gasteiger partial charge in [0.2, 0.25) is 0 Å². The molecule has 0 aromatic carbocycles. The van der Waals surface area contributed by atoms with Crippen LogP contribution in [0.3, 0.4) is 0 Å². The molecular formula is C27H48O2. The van der Waals surface area contributed by atoms with Gasteiger partial charge in [0, 0.05) is 0 Å². The molecule has 0 aromatic heterocycles. The second-order valence-corrected chi connectivity index (χ2v) is 12.8. The molecule has 0 unspecified atom stereocenters. The van der Waals surface area contributed by atoms with Gasteiger partial charge in [-0.15, -0.1) is 0 Å². The molecule has 4 fully saturated rings. The van der Waals surface area contributed by atoms with E-state index in [9.17, 15) is 10.2 Å². The highest BCUT2D eigenvalue weighted by Gasteiger charge is 2.62. The zero-order valence-corrected chi connectivity index (χ0v) is 19.9. The topological polar surface area (TPSA) is 40.5 Å². The largest absolute Gasteiger partial charge is 0.393 e. The van der Waals surface area contributed by atoms with Gasteiger partial charge in [-0.1, -0.05) is 53.9 Å². The Morgan fingerprint density at radius 2 is 1.48 bits per heavy atom. The fraction of sp³-hybridized carbons (Fsp3) is 1.00. The van der Waals surface area contributed by atoms with Crippen LogP contribution in [0, 0.1) is 52.3 Å². The predicted molar refractivity (Wildman–Crippen MR) is 120 cm³/mol. The summed E-state index contributed by atoms with van der Waals surface area (Å²) in [6.45, 7) is 12.4. The number of hydrogen-bond donors (Lipinski definition) is 2. The Morgan fingerprint density at radius 3 is 2.21 bits per heavy atom. The smallest absolute Gasteiger partial charge is 0.0577 e. The lowest BCUT2D eigenvalue weighted by Crippen LogP contribution is -2.58. The van der Waals surface area contributed by atoms with Crippen molar-refractivity contribution in [3.05, 3.63) is 0 Å². The van der Waals surface area contributed by atoms with Gasteiger partial charge < -0.3 is 10.2 Å². The van der Waals surface area contributed by atoms with E-state index in [1.807, 2.05) is 0 Å². The zero-order valence-electron chi connectivity index (χ0n) is 19.9. The molecule has 0 radical (unpaired) electrons. The van der Waals surface area contributed by atoms with Crippen molar-refractivity contribution in [1.29, 1.82) is 0 Å². The third-order valence-corrected chi connectivity index (χ3v) is 10.9. The summed E-state index contributed by atoms with van der Waals surface area (Å²) < 4.78 is 0. The van der Waals surface area contributed by atoms with Gasteiger partial charge in [0.1, 0.15) is 0 Å². The molecule has 0 aromatic rings. The Balaban J connectivity index is 1.50. The number of rotatable bonds is 5. The van der Waals surface area contributed by atoms with Gasteiger partial charge in [0.25, 0.3) is 0 Å². The van der Waals surface area contributed by atoms with E-state index in [1.165, 1.54) is 44.9 Å². The molecule has 0 saturated heterocycles. The van der Waals surface area contributed by atoms with E-state index >= 15 is 0 Å². The molecule has 0 bridgehead atoms. The summed E-state index contributed by atoms with van der Waals surface area (Å²) in [5.74, 6) is 5.20. The van der Waals surface area contributed by atoms with Crippen LogP contribution in [0.2, 0.25) is 0 Å². The second-order valence-electron chi connectivity index (χ2n) is 12.8. The van der Waals surface area contributed by atoms with Crippen molar-refractivity contribution >= 4 is 0 Å². The Kier molecular flexibility index (Phi) is 6.19. The van der Waals surface area contributed by atoms with Crippen molar-refractivity contribution in [2.45, 2.75) is 117 Å². The van der Waals surface area contributed by atoms with Gasteiger partial charge in [-0.25, -0.2) is 0 Å². The molecule has 168 valence electrons. The molecule has 0 heterocycles. The molecule has 0 amide bonds. The minimum absolute atomic E-state index is 0.185. The lowest BCUT2D eigenvalue weighted by Gasteiger charge is -2.62. The second kappa shape index (κ2) is 8.12.